The molecule has 1 aliphatic rings. The summed E-state index contributed by atoms with van der Waals surface area (Å²) in [7, 11) is 0. The average Bonchev–Trinajstić information content (AvgIpc) is 2.54. The summed E-state index contributed by atoms with van der Waals surface area (Å²) < 4.78 is 0. The van der Waals surface area contributed by atoms with Crippen LogP contribution in [0.2, 0.25) is 0 Å². The number of aromatic hydroxyl groups is 1. The van der Waals surface area contributed by atoms with Crippen LogP contribution < -0.4 is 5.32 Å². The summed E-state index contributed by atoms with van der Waals surface area (Å²) in [6, 6.07) is 15.1. The SMILES string of the molecule is N#C[C@H](Nc1ccccc1O)c1cccc2c1CCCC2. The molecule has 3 nitrogen and oxygen atoms in total. The van der Waals surface area contributed by atoms with Crippen LogP contribution in [0.3, 0.4) is 0 Å². The number of aryl methyl sites for hydroxylation is 1. The minimum Gasteiger partial charge on any atom is -0.506 e. The molecule has 0 unspecified atom stereocenters. The number of phenols is 1. The molecule has 0 aliphatic heterocycles. The molecule has 21 heavy (non-hydrogen) atoms. The van der Waals surface area contributed by atoms with Crippen LogP contribution in [0.1, 0.15) is 35.6 Å². The molecule has 0 amide bonds. The highest BCUT2D eigenvalue weighted by molar-refractivity contribution is 5.58. The van der Waals surface area contributed by atoms with E-state index in [0.717, 1.165) is 18.4 Å². The van der Waals surface area contributed by atoms with Gasteiger partial charge in [0.2, 0.25) is 0 Å². The van der Waals surface area contributed by atoms with Gasteiger partial charge < -0.3 is 10.4 Å². The largest absolute Gasteiger partial charge is 0.506 e. The van der Waals surface area contributed by atoms with E-state index >= 15 is 0 Å². The molecule has 0 saturated carbocycles. The monoisotopic (exact) mass is 278 g/mol. The number of fused-ring (bicyclic) bond motifs is 1. The van der Waals surface area contributed by atoms with E-state index in [9.17, 15) is 10.4 Å². The Morgan fingerprint density at radius 1 is 1.05 bits per heavy atom. The Labute approximate surface area is 124 Å². The Hall–Kier alpha value is -2.47. The first-order valence-electron chi connectivity index (χ1n) is 7.34. The number of para-hydroxylation sites is 2. The first-order valence-corrected chi connectivity index (χ1v) is 7.34. The molecular weight excluding hydrogens is 260 g/mol. The molecule has 0 saturated heterocycles. The second-order valence-corrected chi connectivity index (χ2v) is 5.42. The Balaban J connectivity index is 1.94. The lowest BCUT2D eigenvalue weighted by Gasteiger charge is -2.23. The van der Waals surface area contributed by atoms with E-state index in [4.69, 9.17) is 0 Å². The zero-order chi connectivity index (χ0) is 14.7. The molecule has 2 aromatic carbocycles. The van der Waals surface area contributed by atoms with Gasteiger partial charge in [-0.05, 0) is 54.5 Å². The molecule has 0 fully saturated rings. The van der Waals surface area contributed by atoms with Gasteiger partial charge in [-0.15, -0.1) is 0 Å². The van der Waals surface area contributed by atoms with Crippen molar-refractivity contribution in [2.75, 3.05) is 5.32 Å². The second kappa shape index (κ2) is 5.88. The van der Waals surface area contributed by atoms with E-state index in [-0.39, 0.29) is 5.75 Å². The highest BCUT2D eigenvalue weighted by atomic mass is 16.3. The highest BCUT2D eigenvalue weighted by Gasteiger charge is 2.19. The van der Waals surface area contributed by atoms with Gasteiger partial charge in [-0.2, -0.15) is 5.26 Å². The van der Waals surface area contributed by atoms with Gasteiger partial charge in [-0.3, -0.25) is 0 Å². The van der Waals surface area contributed by atoms with Gasteiger partial charge in [0, 0.05) is 0 Å². The summed E-state index contributed by atoms with van der Waals surface area (Å²) >= 11 is 0. The molecule has 3 rings (SSSR count). The van der Waals surface area contributed by atoms with Crippen molar-refractivity contribution in [2.45, 2.75) is 31.7 Å². The lowest BCUT2D eigenvalue weighted by molar-refractivity contribution is 0.477. The molecule has 1 atom stereocenters. The van der Waals surface area contributed by atoms with Crippen LogP contribution in [0.5, 0.6) is 5.75 Å². The van der Waals surface area contributed by atoms with E-state index in [2.05, 4.69) is 17.5 Å². The van der Waals surface area contributed by atoms with Crippen molar-refractivity contribution >= 4 is 5.69 Å². The van der Waals surface area contributed by atoms with Crippen molar-refractivity contribution in [3.8, 4) is 11.8 Å². The van der Waals surface area contributed by atoms with Gasteiger partial charge in [-0.25, -0.2) is 0 Å². The molecule has 0 heterocycles. The summed E-state index contributed by atoms with van der Waals surface area (Å²) in [5, 5.41) is 22.6. The maximum Gasteiger partial charge on any atom is 0.140 e. The number of rotatable bonds is 3. The standard InChI is InChI=1S/C18H18N2O/c19-12-17(20-16-10-3-4-11-18(16)21)15-9-5-7-13-6-1-2-8-14(13)15/h3-5,7,9-11,17,20-21H,1-2,6,8H2/t17-/m0/s1. The summed E-state index contributed by atoms with van der Waals surface area (Å²) in [5.41, 5.74) is 4.30. The molecule has 106 valence electrons. The number of nitrogens with one attached hydrogen (secondary N) is 1. The molecule has 0 aromatic heterocycles. The van der Waals surface area contributed by atoms with Crippen LogP contribution in [0.15, 0.2) is 42.5 Å². The third-order valence-electron chi connectivity index (χ3n) is 4.08. The normalized spacial score (nSPS) is 14.8. The van der Waals surface area contributed by atoms with Crippen molar-refractivity contribution in [1.29, 1.82) is 5.26 Å². The molecule has 1 aliphatic carbocycles. The fourth-order valence-corrected chi connectivity index (χ4v) is 3.01. The lowest BCUT2D eigenvalue weighted by atomic mass is 9.86. The van der Waals surface area contributed by atoms with E-state index < -0.39 is 6.04 Å². The summed E-state index contributed by atoms with van der Waals surface area (Å²) in [6.07, 6.45) is 4.53. The smallest absolute Gasteiger partial charge is 0.140 e. The zero-order valence-electron chi connectivity index (χ0n) is 11.8. The first-order chi connectivity index (χ1) is 10.3. The fourth-order valence-electron chi connectivity index (χ4n) is 3.01. The Kier molecular flexibility index (Phi) is 3.79. The van der Waals surface area contributed by atoms with Crippen LogP contribution in [0.4, 0.5) is 5.69 Å². The minimum absolute atomic E-state index is 0.169. The van der Waals surface area contributed by atoms with Gasteiger partial charge in [0.25, 0.3) is 0 Å². The minimum atomic E-state index is -0.439. The third-order valence-corrected chi connectivity index (χ3v) is 4.08. The van der Waals surface area contributed by atoms with Crippen LogP contribution in [0.25, 0.3) is 0 Å². The van der Waals surface area contributed by atoms with E-state index in [1.165, 1.54) is 24.0 Å². The van der Waals surface area contributed by atoms with Gasteiger partial charge in [-0.1, -0.05) is 30.3 Å². The Morgan fingerprint density at radius 2 is 1.86 bits per heavy atom. The van der Waals surface area contributed by atoms with Gasteiger partial charge >= 0.3 is 0 Å². The Bertz CT molecular complexity index is 688. The molecular formula is C18H18N2O. The van der Waals surface area contributed by atoms with Crippen molar-refractivity contribution in [1.82, 2.24) is 0 Å². The van der Waals surface area contributed by atoms with Crippen molar-refractivity contribution in [2.24, 2.45) is 0 Å². The average molecular weight is 278 g/mol. The zero-order valence-corrected chi connectivity index (χ0v) is 11.8. The lowest BCUT2D eigenvalue weighted by Crippen LogP contribution is -2.14. The van der Waals surface area contributed by atoms with Crippen LogP contribution in [-0.4, -0.2) is 5.11 Å². The van der Waals surface area contributed by atoms with Crippen LogP contribution in [0, 0.1) is 11.3 Å². The first kappa shape index (κ1) is 13.5. The van der Waals surface area contributed by atoms with Crippen LogP contribution >= 0.6 is 0 Å². The topological polar surface area (TPSA) is 56.0 Å². The number of anilines is 1. The van der Waals surface area contributed by atoms with Gasteiger partial charge in [0.15, 0.2) is 0 Å². The number of benzene rings is 2. The molecule has 0 radical (unpaired) electrons. The van der Waals surface area contributed by atoms with Crippen LogP contribution in [-0.2, 0) is 12.8 Å². The predicted molar refractivity (Wildman–Crippen MR) is 83.2 cm³/mol. The van der Waals surface area contributed by atoms with Gasteiger partial charge in [0.1, 0.15) is 11.8 Å². The summed E-state index contributed by atoms with van der Waals surface area (Å²) in [5.74, 6) is 0.169. The molecule has 2 aromatic rings. The summed E-state index contributed by atoms with van der Waals surface area (Å²) in [6.45, 7) is 0. The quantitative estimate of drug-likeness (QED) is 0.836. The Morgan fingerprint density at radius 3 is 2.67 bits per heavy atom. The number of phenolic OH excluding ortho intramolecular Hbond substituents is 1. The maximum atomic E-state index is 9.87. The predicted octanol–water partition coefficient (Wildman–Crippen LogP) is 3.95. The molecule has 3 heteroatoms. The third kappa shape index (κ3) is 2.71. The highest BCUT2D eigenvalue weighted by Crippen LogP contribution is 2.32. The molecule has 2 N–H and O–H groups in total. The van der Waals surface area contributed by atoms with Crippen molar-refractivity contribution in [3.63, 3.8) is 0 Å². The van der Waals surface area contributed by atoms with E-state index in [0.29, 0.717) is 5.69 Å². The second-order valence-electron chi connectivity index (χ2n) is 5.42. The van der Waals surface area contributed by atoms with E-state index in [1.807, 2.05) is 18.2 Å². The molecule has 0 spiro atoms. The number of hydrogen-bond donors (Lipinski definition) is 2. The molecule has 0 bridgehead atoms. The number of hydrogen-bond acceptors (Lipinski definition) is 3. The van der Waals surface area contributed by atoms with Gasteiger partial charge in [0.05, 0.1) is 11.8 Å². The van der Waals surface area contributed by atoms with Crippen molar-refractivity contribution in [3.05, 3.63) is 59.2 Å². The fraction of sp³-hybridized carbons (Fsp3) is 0.278. The summed E-state index contributed by atoms with van der Waals surface area (Å²) in [4.78, 5) is 0. The van der Waals surface area contributed by atoms with Crippen molar-refractivity contribution < 1.29 is 5.11 Å². The number of nitriles is 1. The number of nitrogens with zero attached hydrogens (tertiary/aromatic N) is 1. The van der Waals surface area contributed by atoms with E-state index in [1.54, 1.807) is 18.2 Å². The maximum absolute atomic E-state index is 9.87.